The van der Waals surface area contributed by atoms with Gasteiger partial charge in [0, 0.05) is 22.3 Å². The lowest BCUT2D eigenvalue weighted by Crippen LogP contribution is -2.13. The summed E-state index contributed by atoms with van der Waals surface area (Å²) in [6.45, 7) is 2.18. The van der Waals surface area contributed by atoms with Crippen LogP contribution >= 0.6 is 11.6 Å². The van der Waals surface area contributed by atoms with Crippen molar-refractivity contribution in [1.82, 2.24) is 9.78 Å². The molecule has 1 aromatic heterocycles. The summed E-state index contributed by atoms with van der Waals surface area (Å²) in [5.74, 6) is -0.833. The maximum atomic E-state index is 13.1. The van der Waals surface area contributed by atoms with Gasteiger partial charge in [-0.2, -0.15) is 5.10 Å². The number of rotatable bonds is 4. The van der Waals surface area contributed by atoms with Crippen LogP contribution in [0.5, 0.6) is 0 Å². The summed E-state index contributed by atoms with van der Waals surface area (Å²) in [6, 6.07) is 11.1. The zero-order chi connectivity index (χ0) is 18.0. The Balaban J connectivity index is 1.75. The number of benzene rings is 2. The van der Waals surface area contributed by atoms with Crippen LogP contribution in [0.4, 0.5) is 14.6 Å². The molecule has 0 fully saturated rings. The van der Waals surface area contributed by atoms with Gasteiger partial charge in [-0.3, -0.25) is 9.48 Å². The van der Waals surface area contributed by atoms with E-state index in [2.05, 4.69) is 10.4 Å². The molecule has 0 radical (unpaired) electrons. The summed E-state index contributed by atoms with van der Waals surface area (Å²) < 4.78 is 27.7. The monoisotopic (exact) mass is 361 g/mol. The van der Waals surface area contributed by atoms with Crippen molar-refractivity contribution in [2.24, 2.45) is 0 Å². The van der Waals surface area contributed by atoms with Crippen LogP contribution in [0.1, 0.15) is 21.6 Å². The molecular weight excluding hydrogens is 348 g/mol. The summed E-state index contributed by atoms with van der Waals surface area (Å²) in [5, 5.41) is 7.28. The van der Waals surface area contributed by atoms with E-state index in [0.29, 0.717) is 28.5 Å². The van der Waals surface area contributed by atoms with Gasteiger partial charge >= 0.3 is 0 Å². The Bertz CT molecular complexity index is 923. The fourth-order valence-electron chi connectivity index (χ4n) is 2.33. The predicted molar refractivity (Wildman–Crippen MR) is 91.8 cm³/mol. The van der Waals surface area contributed by atoms with E-state index in [-0.39, 0.29) is 5.91 Å². The highest BCUT2D eigenvalue weighted by molar-refractivity contribution is 6.31. The quantitative estimate of drug-likeness (QED) is 0.747. The molecule has 2 aromatic carbocycles. The highest BCUT2D eigenvalue weighted by Gasteiger charge is 2.11. The molecular formula is C18H14ClF2N3O. The number of aromatic nitrogens is 2. The molecule has 1 heterocycles. The standard InChI is InChI=1S/C18H14ClF2N3O/c1-11-8-17(22-18(25)12-2-5-14(20)6-3-12)23-24(11)10-13-4-7-15(21)9-16(13)19/h2-9H,10H2,1H3,(H,22,23,25). The van der Waals surface area contributed by atoms with Gasteiger partial charge in [-0.15, -0.1) is 0 Å². The van der Waals surface area contributed by atoms with Crippen molar-refractivity contribution in [3.8, 4) is 0 Å². The maximum absolute atomic E-state index is 13.1. The molecule has 0 saturated carbocycles. The van der Waals surface area contributed by atoms with Gasteiger partial charge in [0.05, 0.1) is 6.54 Å². The summed E-state index contributed by atoms with van der Waals surface area (Å²) in [4.78, 5) is 12.2. The van der Waals surface area contributed by atoms with E-state index in [1.807, 2.05) is 6.92 Å². The predicted octanol–water partition coefficient (Wildman–Crippen LogP) is 4.42. The first-order valence-corrected chi connectivity index (χ1v) is 7.85. The fourth-order valence-corrected chi connectivity index (χ4v) is 2.56. The van der Waals surface area contributed by atoms with Gasteiger partial charge in [-0.1, -0.05) is 17.7 Å². The van der Waals surface area contributed by atoms with Crippen LogP contribution < -0.4 is 5.32 Å². The molecule has 0 aliphatic carbocycles. The number of anilines is 1. The minimum atomic E-state index is -0.409. The summed E-state index contributed by atoms with van der Waals surface area (Å²) in [6.07, 6.45) is 0. The minimum absolute atomic E-state index is 0.312. The van der Waals surface area contributed by atoms with E-state index < -0.39 is 11.6 Å². The lowest BCUT2D eigenvalue weighted by molar-refractivity contribution is 0.102. The number of halogens is 3. The second kappa shape index (κ2) is 7.03. The van der Waals surface area contributed by atoms with Crippen molar-refractivity contribution in [1.29, 1.82) is 0 Å². The SMILES string of the molecule is Cc1cc(NC(=O)c2ccc(F)cc2)nn1Cc1ccc(F)cc1Cl. The van der Waals surface area contributed by atoms with Gasteiger partial charge in [0.15, 0.2) is 5.82 Å². The van der Waals surface area contributed by atoms with Gasteiger partial charge in [0.25, 0.3) is 5.91 Å². The molecule has 0 atom stereocenters. The summed E-state index contributed by atoms with van der Waals surface area (Å²) in [5.41, 5.74) is 1.84. The molecule has 25 heavy (non-hydrogen) atoms. The number of hydrogen-bond donors (Lipinski definition) is 1. The van der Waals surface area contributed by atoms with Gasteiger partial charge in [0.1, 0.15) is 11.6 Å². The maximum Gasteiger partial charge on any atom is 0.256 e. The molecule has 7 heteroatoms. The summed E-state index contributed by atoms with van der Waals surface area (Å²) in [7, 11) is 0. The van der Waals surface area contributed by atoms with Crippen molar-refractivity contribution >= 4 is 23.3 Å². The fraction of sp³-hybridized carbons (Fsp3) is 0.111. The Morgan fingerprint density at radius 1 is 1.12 bits per heavy atom. The number of nitrogens with one attached hydrogen (secondary N) is 1. The Morgan fingerprint density at radius 2 is 1.80 bits per heavy atom. The molecule has 0 bridgehead atoms. The molecule has 0 saturated heterocycles. The first-order chi connectivity index (χ1) is 11.9. The van der Waals surface area contributed by atoms with Crippen molar-refractivity contribution in [3.05, 3.63) is 82.0 Å². The number of hydrogen-bond acceptors (Lipinski definition) is 2. The second-order valence-corrected chi connectivity index (χ2v) is 5.93. The highest BCUT2D eigenvalue weighted by Crippen LogP contribution is 2.20. The van der Waals surface area contributed by atoms with Gasteiger partial charge in [-0.25, -0.2) is 8.78 Å². The first-order valence-electron chi connectivity index (χ1n) is 7.47. The van der Waals surface area contributed by atoms with E-state index in [4.69, 9.17) is 11.6 Å². The van der Waals surface area contributed by atoms with Crippen molar-refractivity contribution in [3.63, 3.8) is 0 Å². The third-order valence-corrected chi connectivity index (χ3v) is 4.02. The zero-order valence-electron chi connectivity index (χ0n) is 13.3. The van der Waals surface area contributed by atoms with Crippen LogP contribution in [0.15, 0.2) is 48.5 Å². The average Bonchev–Trinajstić information content (AvgIpc) is 2.90. The number of aryl methyl sites for hydroxylation is 1. The largest absolute Gasteiger partial charge is 0.305 e. The van der Waals surface area contributed by atoms with Crippen molar-refractivity contribution in [2.75, 3.05) is 5.32 Å². The average molecular weight is 362 g/mol. The van der Waals surface area contributed by atoms with Crippen LogP contribution in [-0.2, 0) is 6.54 Å². The zero-order valence-corrected chi connectivity index (χ0v) is 14.0. The molecule has 0 aliphatic heterocycles. The number of carbonyl (C=O) groups excluding carboxylic acids is 1. The van der Waals surface area contributed by atoms with Crippen LogP contribution in [0.2, 0.25) is 5.02 Å². The van der Waals surface area contributed by atoms with Crippen LogP contribution in [-0.4, -0.2) is 15.7 Å². The molecule has 0 spiro atoms. The molecule has 1 N–H and O–H groups in total. The van der Waals surface area contributed by atoms with E-state index in [0.717, 1.165) is 5.69 Å². The van der Waals surface area contributed by atoms with E-state index in [1.165, 1.54) is 36.4 Å². The third kappa shape index (κ3) is 4.03. The Kier molecular flexibility index (Phi) is 4.81. The van der Waals surface area contributed by atoms with Gasteiger partial charge in [-0.05, 0) is 48.9 Å². The van der Waals surface area contributed by atoms with Crippen LogP contribution in [0.25, 0.3) is 0 Å². The number of nitrogens with zero attached hydrogens (tertiary/aromatic N) is 2. The second-order valence-electron chi connectivity index (χ2n) is 5.53. The Morgan fingerprint density at radius 3 is 2.48 bits per heavy atom. The Hall–Kier alpha value is -2.73. The molecule has 3 rings (SSSR count). The number of carbonyl (C=O) groups is 1. The van der Waals surface area contributed by atoms with Crippen LogP contribution in [0.3, 0.4) is 0 Å². The molecule has 1 amide bonds. The van der Waals surface area contributed by atoms with E-state index >= 15 is 0 Å². The smallest absolute Gasteiger partial charge is 0.256 e. The van der Waals surface area contributed by atoms with Crippen LogP contribution in [0, 0.1) is 18.6 Å². The lowest BCUT2D eigenvalue weighted by atomic mass is 10.2. The molecule has 4 nitrogen and oxygen atoms in total. The van der Waals surface area contributed by atoms with Gasteiger partial charge < -0.3 is 5.32 Å². The van der Waals surface area contributed by atoms with Gasteiger partial charge in [0.2, 0.25) is 0 Å². The van der Waals surface area contributed by atoms with Crippen molar-refractivity contribution in [2.45, 2.75) is 13.5 Å². The molecule has 0 unspecified atom stereocenters. The normalized spacial score (nSPS) is 10.7. The molecule has 0 aliphatic rings. The van der Waals surface area contributed by atoms with E-state index in [1.54, 1.807) is 16.8 Å². The third-order valence-electron chi connectivity index (χ3n) is 3.66. The number of amides is 1. The first kappa shape index (κ1) is 17.1. The topological polar surface area (TPSA) is 46.9 Å². The molecule has 3 aromatic rings. The highest BCUT2D eigenvalue weighted by atomic mass is 35.5. The Labute approximate surface area is 148 Å². The van der Waals surface area contributed by atoms with E-state index in [9.17, 15) is 13.6 Å². The lowest BCUT2D eigenvalue weighted by Gasteiger charge is -2.07. The molecule has 128 valence electrons. The minimum Gasteiger partial charge on any atom is -0.305 e. The van der Waals surface area contributed by atoms with Crippen molar-refractivity contribution < 1.29 is 13.6 Å². The summed E-state index contributed by atoms with van der Waals surface area (Å²) >= 11 is 6.03.